The molecule has 4 nitrogen and oxygen atoms in total. The van der Waals surface area contributed by atoms with Crippen LogP contribution in [0.1, 0.15) is 53.9 Å². The molecule has 1 amide bonds. The second-order valence-electron chi connectivity index (χ2n) is 5.91. The summed E-state index contributed by atoms with van der Waals surface area (Å²) in [5, 5.41) is 2.94. The molecule has 0 radical (unpaired) electrons. The number of carbonyl (C=O) groups excluding carboxylic acids is 1. The predicted octanol–water partition coefficient (Wildman–Crippen LogP) is 4.40. The molecule has 1 rings (SSSR count). The minimum Gasteiger partial charge on any atom is -0.491 e. The van der Waals surface area contributed by atoms with Crippen LogP contribution in [-0.2, 0) is 9.53 Å². The molecule has 1 aromatic carbocycles. The fourth-order valence-corrected chi connectivity index (χ4v) is 2.24. The number of hydrogen-bond acceptors (Lipinski definition) is 3. The van der Waals surface area contributed by atoms with Crippen molar-refractivity contribution in [2.75, 3.05) is 11.9 Å². The average molecular weight is 307 g/mol. The average Bonchev–Trinajstić information content (AvgIpc) is 2.47. The second kappa shape index (κ2) is 8.79. The van der Waals surface area contributed by atoms with Gasteiger partial charge in [-0.2, -0.15) is 0 Å². The molecule has 0 fully saturated rings. The first-order valence-electron chi connectivity index (χ1n) is 8.13. The molecule has 0 saturated carbocycles. The largest absolute Gasteiger partial charge is 0.491 e. The Hall–Kier alpha value is -1.55. The van der Waals surface area contributed by atoms with Crippen LogP contribution >= 0.6 is 0 Å². The van der Waals surface area contributed by atoms with Crippen molar-refractivity contribution in [1.82, 2.24) is 0 Å². The highest BCUT2D eigenvalue weighted by Crippen LogP contribution is 2.23. The zero-order valence-corrected chi connectivity index (χ0v) is 14.4. The number of ether oxygens (including phenoxy) is 2. The highest BCUT2D eigenvalue weighted by Gasteiger charge is 2.33. The van der Waals surface area contributed by atoms with Crippen LogP contribution in [0.5, 0.6) is 5.75 Å². The van der Waals surface area contributed by atoms with Gasteiger partial charge in [-0.25, -0.2) is 0 Å². The normalized spacial score (nSPS) is 13.7. The summed E-state index contributed by atoms with van der Waals surface area (Å²) in [5.41, 5.74) is -0.0266. The standard InChI is InChI=1S/C18H29NO3/c1-6-8-13-18(5,21-7-2)17(20)19-15-9-11-16(12-10-15)22-14(3)4/h9-12,14H,6-8,13H2,1-5H3,(H,19,20). The quantitative estimate of drug-likeness (QED) is 0.735. The van der Waals surface area contributed by atoms with Gasteiger partial charge in [0.25, 0.3) is 5.91 Å². The third-order valence-electron chi connectivity index (χ3n) is 3.43. The van der Waals surface area contributed by atoms with E-state index in [1.165, 1.54) is 0 Å². The van der Waals surface area contributed by atoms with E-state index in [0.29, 0.717) is 6.61 Å². The smallest absolute Gasteiger partial charge is 0.256 e. The van der Waals surface area contributed by atoms with Gasteiger partial charge in [-0.05, 0) is 58.4 Å². The number of anilines is 1. The van der Waals surface area contributed by atoms with E-state index in [1.54, 1.807) is 0 Å². The summed E-state index contributed by atoms with van der Waals surface area (Å²) < 4.78 is 11.3. The fourth-order valence-electron chi connectivity index (χ4n) is 2.24. The highest BCUT2D eigenvalue weighted by atomic mass is 16.5. The van der Waals surface area contributed by atoms with Crippen molar-refractivity contribution in [3.05, 3.63) is 24.3 Å². The van der Waals surface area contributed by atoms with E-state index in [2.05, 4.69) is 12.2 Å². The summed E-state index contributed by atoms with van der Waals surface area (Å²) in [6.07, 6.45) is 2.86. The Labute approximate surface area is 134 Å². The maximum Gasteiger partial charge on any atom is 0.256 e. The van der Waals surface area contributed by atoms with Crippen molar-refractivity contribution >= 4 is 11.6 Å². The van der Waals surface area contributed by atoms with Crippen LogP contribution in [0.3, 0.4) is 0 Å². The molecule has 0 aliphatic rings. The molecule has 0 aromatic heterocycles. The molecular formula is C18H29NO3. The van der Waals surface area contributed by atoms with E-state index in [0.717, 1.165) is 30.7 Å². The number of rotatable bonds is 9. The maximum absolute atomic E-state index is 12.5. The van der Waals surface area contributed by atoms with Gasteiger partial charge in [0.2, 0.25) is 0 Å². The molecule has 0 heterocycles. The molecule has 22 heavy (non-hydrogen) atoms. The minimum atomic E-state index is -0.780. The molecule has 4 heteroatoms. The number of hydrogen-bond donors (Lipinski definition) is 1. The van der Waals surface area contributed by atoms with Crippen LogP contribution in [0.25, 0.3) is 0 Å². The van der Waals surface area contributed by atoms with Crippen LogP contribution in [0.15, 0.2) is 24.3 Å². The first-order chi connectivity index (χ1) is 10.4. The topological polar surface area (TPSA) is 47.6 Å². The van der Waals surface area contributed by atoms with Crippen molar-refractivity contribution in [1.29, 1.82) is 0 Å². The first-order valence-corrected chi connectivity index (χ1v) is 8.13. The zero-order chi connectivity index (χ0) is 16.6. The van der Waals surface area contributed by atoms with Crippen LogP contribution in [0, 0.1) is 0 Å². The number of carbonyl (C=O) groups is 1. The molecule has 0 bridgehead atoms. The Morgan fingerprint density at radius 1 is 1.23 bits per heavy atom. The van der Waals surface area contributed by atoms with Gasteiger partial charge < -0.3 is 14.8 Å². The molecule has 1 unspecified atom stereocenters. The Kier molecular flexibility index (Phi) is 7.39. The molecule has 1 aromatic rings. The number of nitrogens with one attached hydrogen (secondary N) is 1. The van der Waals surface area contributed by atoms with Crippen molar-refractivity contribution in [2.24, 2.45) is 0 Å². The number of benzene rings is 1. The molecule has 1 N–H and O–H groups in total. The third-order valence-corrected chi connectivity index (χ3v) is 3.43. The minimum absolute atomic E-state index is 0.0969. The number of unbranched alkanes of at least 4 members (excludes halogenated alkanes) is 1. The molecule has 124 valence electrons. The maximum atomic E-state index is 12.5. The van der Waals surface area contributed by atoms with Gasteiger partial charge in [0, 0.05) is 12.3 Å². The number of amides is 1. The van der Waals surface area contributed by atoms with E-state index >= 15 is 0 Å². The van der Waals surface area contributed by atoms with Gasteiger partial charge in [0.1, 0.15) is 11.4 Å². The molecule has 1 atom stereocenters. The SMILES string of the molecule is CCCCC(C)(OCC)C(=O)Nc1ccc(OC(C)C)cc1. The molecular weight excluding hydrogens is 278 g/mol. The summed E-state index contributed by atoms with van der Waals surface area (Å²) in [4.78, 5) is 12.5. The predicted molar refractivity (Wildman–Crippen MR) is 90.4 cm³/mol. The summed E-state index contributed by atoms with van der Waals surface area (Å²) in [5.74, 6) is 0.701. The highest BCUT2D eigenvalue weighted by molar-refractivity contribution is 5.97. The van der Waals surface area contributed by atoms with E-state index in [1.807, 2.05) is 52.0 Å². The van der Waals surface area contributed by atoms with Gasteiger partial charge in [-0.15, -0.1) is 0 Å². The van der Waals surface area contributed by atoms with Crippen molar-refractivity contribution in [2.45, 2.75) is 65.6 Å². The Bertz CT molecular complexity index is 456. The van der Waals surface area contributed by atoms with Crippen LogP contribution < -0.4 is 10.1 Å². The van der Waals surface area contributed by atoms with Gasteiger partial charge in [-0.3, -0.25) is 4.79 Å². The molecule has 0 spiro atoms. The first kappa shape index (κ1) is 18.5. The van der Waals surface area contributed by atoms with Gasteiger partial charge in [0.15, 0.2) is 0 Å². The van der Waals surface area contributed by atoms with Crippen LogP contribution in [0.2, 0.25) is 0 Å². The van der Waals surface area contributed by atoms with E-state index in [9.17, 15) is 4.79 Å². The van der Waals surface area contributed by atoms with E-state index in [4.69, 9.17) is 9.47 Å². The monoisotopic (exact) mass is 307 g/mol. The van der Waals surface area contributed by atoms with Crippen LogP contribution in [-0.4, -0.2) is 24.2 Å². The Morgan fingerprint density at radius 3 is 2.36 bits per heavy atom. The molecule has 0 saturated heterocycles. The van der Waals surface area contributed by atoms with E-state index < -0.39 is 5.60 Å². The molecule has 0 aliphatic heterocycles. The Morgan fingerprint density at radius 2 is 1.86 bits per heavy atom. The Balaban J connectivity index is 2.72. The van der Waals surface area contributed by atoms with Crippen molar-refractivity contribution < 1.29 is 14.3 Å². The van der Waals surface area contributed by atoms with Gasteiger partial charge in [0.05, 0.1) is 6.10 Å². The van der Waals surface area contributed by atoms with Gasteiger partial charge in [-0.1, -0.05) is 19.8 Å². The lowest BCUT2D eigenvalue weighted by molar-refractivity contribution is -0.139. The molecule has 0 aliphatic carbocycles. The second-order valence-corrected chi connectivity index (χ2v) is 5.91. The van der Waals surface area contributed by atoms with Crippen molar-refractivity contribution in [3.63, 3.8) is 0 Å². The lowest BCUT2D eigenvalue weighted by Gasteiger charge is -2.28. The van der Waals surface area contributed by atoms with E-state index in [-0.39, 0.29) is 12.0 Å². The lowest BCUT2D eigenvalue weighted by atomic mass is 9.97. The fraction of sp³-hybridized carbons (Fsp3) is 0.611. The summed E-state index contributed by atoms with van der Waals surface area (Å²) >= 11 is 0. The summed E-state index contributed by atoms with van der Waals surface area (Å²) in [6.45, 7) is 10.4. The van der Waals surface area contributed by atoms with Gasteiger partial charge >= 0.3 is 0 Å². The summed E-state index contributed by atoms with van der Waals surface area (Å²) in [7, 11) is 0. The van der Waals surface area contributed by atoms with Crippen molar-refractivity contribution in [3.8, 4) is 5.75 Å². The summed E-state index contributed by atoms with van der Waals surface area (Å²) in [6, 6.07) is 7.42. The zero-order valence-electron chi connectivity index (χ0n) is 14.4. The lowest BCUT2D eigenvalue weighted by Crippen LogP contribution is -2.42. The van der Waals surface area contributed by atoms with Crippen LogP contribution in [0.4, 0.5) is 5.69 Å². The third kappa shape index (κ3) is 5.68.